The van der Waals surface area contributed by atoms with Gasteiger partial charge in [-0.05, 0) is 42.3 Å². The van der Waals surface area contributed by atoms with E-state index in [0.29, 0.717) is 23.6 Å². The highest BCUT2D eigenvalue weighted by Gasteiger charge is 2.30. The van der Waals surface area contributed by atoms with E-state index in [0.717, 1.165) is 17.4 Å². The van der Waals surface area contributed by atoms with Gasteiger partial charge in [-0.2, -0.15) is 5.10 Å². The average Bonchev–Trinajstić information content (AvgIpc) is 2.75. The third-order valence-electron chi connectivity index (χ3n) is 4.62. The van der Waals surface area contributed by atoms with Crippen LogP contribution >= 0.6 is 11.8 Å². The molecule has 8 nitrogen and oxygen atoms in total. The molecule has 1 unspecified atom stereocenters. The van der Waals surface area contributed by atoms with Crippen LogP contribution in [0.5, 0.6) is 11.5 Å². The average molecular weight is 482 g/mol. The Bertz CT molecular complexity index is 1110. The first-order valence-corrected chi connectivity index (χ1v) is 12.5. The molecule has 0 spiro atoms. The van der Waals surface area contributed by atoms with Crippen molar-refractivity contribution in [2.45, 2.75) is 25.1 Å². The molecule has 1 N–H and O–H groups in total. The summed E-state index contributed by atoms with van der Waals surface area (Å²) in [5.41, 5.74) is 2.68. The Morgan fingerprint density at radius 2 is 1.91 bits per heavy atom. The van der Waals surface area contributed by atoms with Crippen LogP contribution in [0.1, 0.15) is 24.5 Å². The monoisotopic (exact) mass is 481 g/mol. The quantitative estimate of drug-likeness (QED) is 0.576. The Hall–Kier alpha value is -2.79. The third kappa shape index (κ3) is 5.92. The zero-order valence-corrected chi connectivity index (χ0v) is 19.5. The van der Waals surface area contributed by atoms with Crippen molar-refractivity contribution < 1.29 is 27.1 Å². The molecule has 1 heterocycles. The van der Waals surface area contributed by atoms with Gasteiger partial charge in [0.15, 0.2) is 11.5 Å². The van der Waals surface area contributed by atoms with Gasteiger partial charge in [-0.15, -0.1) is 0 Å². The fourth-order valence-corrected chi connectivity index (χ4v) is 4.66. The number of hydrogen-bond donors (Lipinski definition) is 1. The van der Waals surface area contributed by atoms with Crippen LogP contribution in [-0.4, -0.2) is 49.9 Å². The second-order valence-corrected chi connectivity index (χ2v) is 9.92. The molecule has 172 valence electrons. The minimum absolute atomic E-state index is 0.141. The number of rotatable bonds is 9. The van der Waals surface area contributed by atoms with Crippen molar-refractivity contribution >= 4 is 38.4 Å². The summed E-state index contributed by atoms with van der Waals surface area (Å²) >= 11 is 1.19. The van der Waals surface area contributed by atoms with E-state index in [1.807, 2.05) is 6.92 Å². The molecule has 0 fully saturated rings. The van der Waals surface area contributed by atoms with E-state index in [1.54, 1.807) is 42.5 Å². The first-order chi connectivity index (χ1) is 15.2. The number of methoxy groups -OCH3 is 1. The number of carbonyl (C=O) groups is 1. The maximum absolute atomic E-state index is 12.7. The van der Waals surface area contributed by atoms with E-state index in [-0.39, 0.29) is 22.8 Å². The summed E-state index contributed by atoms with van der Waals surface area (Å²) in [4.78, 5) is 12.7. The first kappa shape index (κ1) is 23.9. The van der Waals surface area contributed by atoms with Crippen LogP contribution in [0, 0.1) is 0 Å². The van der Waals surface area contributed by atoms with Gasteiger partial charge in [-0.1, -0.05) is 30.8 Å². The number of hydrazone groups is 1. The summed E-state index contributed by atoms with van der Waals surface area (Å²) in [5, 5.41) is 5.67. The largest absolute Gasteiger partial charge is 0.493 e. The molecular weight excluding hydrogens is 457 g/mol. The molecular formula is C21H24FN3O5S2. The van der Waals surface area contributed by atoms with Crippen LogP contribution in [-0.2, 0) is 16.6 Å². The number of nitrogens with one attached hydrogen (secondary N) is 1. The standard InChI is InChI=1S/C21H24FN3O5S2/c1-4-19-20(15-7-10-17(30-13-22)18(11-15)29-2)23-25(21(26)31-19)12-14-5-8-16(9-6-14)24-32(3,27)28/h5-11,19,24H,4,12-13H2,1-3H3. The van der Waals surface area contributed by atoms with Gasteiger partial charge < -0.3 is 9.47 Å². The number of ether oxygens (including phenoxy) is 2. The highest BCUT2D eigenvalue weighted by atomic mass is 32.2. The van der Waals surface area contributed by atoms with Crippen LogP contribution in [0.2, 0.25) is 0 Å². The summed E-state index contributed by atoms with van der Waals surface area (Å²) in [6.45, 7) is 1.23. The number of thioether (sulfide) groups is 1. The van der Waals surface area contributed by atoms with Crippen molar-refractivity contribution in [2.24, 2.45) is 5.10 Å². The van der Waals surface area contributed by atoms with Gasteiger partial charge in [0.1, 0.15) is 0 Å². The normalized spacial score (nSPS) is 16.5. The fourth-order valence-electron chi connectivity index (χ4n) is 3.16. The number of anilines is 1. The molecule has 1 atom stereocenters. The van der Waals surface area contributed by atoms with E-state index >= 15 is 0 Å². The van der Waals surface area contributed by atoms with Gasteiger partial charge in [0.25, 0.3) is 0 Å². The number of sulfonamides is 1. The zero-order chi connectivity index (χ0) is 23.3. The summed E-state index contributed by atoms with van der Waals surface area (Å²) in [7, 11) is -1.90. The second-order valence-electron chi connectivity index (χ2n) is 7.01. The molecule has 0 aromatic heterocycles. The van der Waals surface area contributed by atoms with Gasteiger partial charge in [-0.25, -0.2) is 17.8 Å². The van der Waals surface area contributed by atoms with Gasteiger partial charge in [0, 0.05) is 11.3 Å². The molecule has 1 aliphatic heterocycles. The molecule has 3 rings (SSSR count). The lowest BCUT2D eigenvalue weighted by molar-refractivity contribution is 0.184. The van der Waals surface area contributed by atoms with E-state index in [4.69, 9.17) is 9.47 Å². The van der Waals surface area contributed by atoms with Crippen LogP contribution in [0.15, 0.2) is 47.6 Å². The molecule has 2 aromatic rings. The maximum Gasteiger partial charge on any atom is 0.302 e. The topological polar surface area (TPSA) is 97.3 Å². The number of nitrogens with zero attached hydrogens (tertiary/aromatic N) is 2. The smallest absolute Gasteiger partial charge is 0.302 e. The molecule has 1 amide bonds. The van der Waals surface area contributed by atoms with Gasteiger partial charge >= 0.3 is 5.24 Å². The van der Waals surface area contributed by atoms with Crippen LogP contribution in [0.25, 0.3) is 0 Å². The molecule has 2 aromatic carbocycles. The number of halogens is 1. The van der Waals surface area contributed by atoms with Crippen molar-refractivity contribution in [3.05, 3.63) is 53.6 Å². The van der Waals surface area contributed by atoms with Crippen molar-refractivity contribution in [1.29, 1.82) is 0 Å². The van der Waals surface area contributed by atoms with Crippen molar-refractivity contribution in [2.75, 3.05) is 24.9 Å². The molecule has 0 saturated carbocycles. The Morgan fingerprint density at radius 3 is 2.50 bits per heavy atom. The van der Waals surface area contributed by atoms with Crippen LogP contribution in [0.4, 0.5) is 14.9 Å². The van der Waals surface area contributed by atoms with Gasteiger partial charge in [-0.3, -0.25) is 9.52 Å². The summed E-state index contributed by atoms with van der Waals surface area (Å²) in [6, 6.07) is 11.8. The van der Waals surface area contributed by atoms with Crippen molar-refractivity contribution in [3.8, 4) is 11.5 Å². The van der Waals surface area contributed by atoms with E-state index in [2.05, 4.69) is 9.82 Å². The Kier molecular flexibility index (Phi) is 7.62. The Labute approximate surface area is 190 Å². The number of carbonyl (C=O) groups excluding carboxylic acids is 1. The lowest BCUT2D eigenvalue weighted by Gasteiger charge is -2.28. The van der Waals surface area contributed by atoms with E-state index in [1.165, 1.54) is 23.9 Å². The lowest BCUT2D eigenvalue weighted by Crippen LogP contribution is -2.34. The lowest BCUT2D eigenvalue weighted by atomic mass is 10.0. The molecule has 11 heteroatoms. The SMILES string of the molecule is CCC1SC(=O)N(Cc2ccc(NS(C)(=O)=O)cc2)N=C1c1ccc(OCF)c(OC)c1. The van der Waals surface area contributed by atoms with Crippen molar-refractivity contribution in [1.82, 2.24) is 5.01 Å². The summed E-state index contributed by atoms with van der Waals surface area (Å²) in [6.07, 6.45) is 1.77. The number of hydrogen-bond acceptors (Lipinski definition) is 7. The highest BCUT2D eigenvalue weighted by Crippen LogP contribution is 2.34. The zero-order valence-electron chi connectivity index (χ0n) is 17.9. The number of alkyl halides is 1. The second kappa shape index (κ2) is 10.2. The van der Waals surface area contributed by atoms with E-state index < -0.39 is 16.9 Å². The minimum Gasteiger partial charge on any atom is -0.493 e. The molecule has 32 heavy (non-hydrogen) atoms. The van der Waals surface area contributed by atoms with Crippen molar-refractivity contribution in [3.63, 3.8) is 0 Å². The van der Waals surface area contributed by atoms with Gasteiger partial charge in [0.05, 0.1) is 30.9 Å². The number of benzene rings is 2. The molecule has 1 aliphatic rings. The molecule has 0 bridgehead atoms. The number of amides is 1. The van der Waals surface area contributed by atoms with Crippen LogP contribution < -0.4 is 14.2 Å². The third-order valence-corrected chi connectivity index (χ3v) is 6.48. The fraction of sp³-hybridized carbons (Fsp3) is 0.333. The minimum atomic E-state index is -3.37. The van der Waals surface area contributed by atoms with E-state index in [9.17, 15) is 17.6 Å². The highest BCUT2D eigenvalue weighted by molar-refractivity contribution is 8.14. The summed E-state index contributed by atoms with van der Waals surface area (Å²) in [5.74, 6) is 0.659. The Morgan fingerprint density at radius 1 is 1.19 bits per heavy atom. The van der Waals surface area contributed by atoms with Gasteiger partial charge in [0.2, 0.25) is 16.9 Å². The molecule has 0 saturated heterocycles. The Balaban J connectivity index is 1.87. The molecule has 0 aliphatic carbocycles. The first-order valence-electron chi connectivity index (χ1n) is 9.74. The predicted octanol–water partition coefficient (Wildman–Crippen LogP) is 4.22. The molecule has 0 radical (unpaired) electrons. The predicted molar refractivity (Wildman–Crippen MR) is 124 cm³/mol. The van der Waals surface area contributed by atoms with Crippen LogP contribution in [0.3, 0.4) is 0 Å². The summed E-state index contributed by atoms with van der Waals surface area (Å²) < 4.78 is 48.0. The maximum atomic E-state index is 12.7.